The normalized spacial score (nSPS) is 11.7. The minimum Gasteiger partial charge on any atom is -0.367 e. The number of Topliss-reactive ketones (excluding diaryl/α,β-unsaturated/α-hetero) is 1. The number of rotatable bonds is 7. The molecule has 0 aliphatic carbocycles. The van der Waals surface area contributed by atoms with Gasteiger partial charge in [0.2, 0.25) is 5.78 Å². The first kappa shape index (κ1) is 18.0. The molecule has 0 saturated heterocycles. The maximum Gasteiger partial charge on any atom is 0.287 e. The molecule has 3 aromatic rings. The lowest BCUT2D eigenvalue weighted by molar-refractivity contribution is -0.137. The number of hydrogen-bond acceptors (Lipinski definition) is 6. The largest absolute Gasteiger partial charge is 0.367 e. The van der Waals surface area contributed by atoms with E-state index in [1.165, 1.54) is 23.3 Å². The molecule has 3 aromatic heterocycles. The molecule has 10 heteroatoms. The number of aromatic nitrogens is 5. The van der Waals surface area contributed by atoms with E-state index in [0.717, 1.165) is 5.56 Å². The van der Waals surface area contributed by atoms with E-state index in [1.54, 1.807) is 31.5 Å². The molecule has 0 fully saturated rings. The highest BCUT2D eigenvalue weighted by atomic mass is 16.2. The van der Waals surface area contributed by atoms with Crippen LogP contribution in [-0.4, -0.2) is 48.1 Å². The number of ketones is 1. The molecule has 0 saturated carbocycles. The van der Waals surface area contributed by atoms with Gasteiger partial charge in [0.1, 0.15) is 29.7 Å². The number of carbonyl (C=O) groups excluding carboxylic acids is 3. The van der Waals surface area contributed by atoms with Crippen LogP contribution in [0.15, 0.2) is 43.2 Å². The Morgan fingerprint density at radius 1 is 1.30 bits per heavy atom. The number of amides is 2. The number of H-pyrrole nitrogens is 1. The van der Waals surface area contributed by atoms with E-state index in [4.69, 9.17) is 5.73 Å². The van der Waals surface area contributed by atoms with E-state index in [2.05, 4.69) is 25.3 Å². The molecule has 3 rings (SSSR count). The van der Waals surface area contributed by atoms with Gasteiger partial charge in [0.15, 0.2) is 0 Å². The first-order valence-corrected chi connectivity index (χ1v) is 8.04. The molecule has 4 N–H and O–H groups in total. The number of hydrogen-bond donors (Lipinski definition) is 3. The summed E-state index contributed by atoms with van der Waals surface area (Å²) in [4.78, 5) is 51.3. The van der Waals surface area contributed by atoms with Crippen LogP contribution < -0.4 is 11.1 Å². The summed E-state index contributed by atoms with van der Waals surface area (Å²) in [6.07, 6.45) is 7.72. The Morgan fingerprint density at radius 3 is 2.74 bits per heavy atom. The van der Waals surface area contributed by atoms with E-state index < -0.39 is 23.6 Å². The van der Waals surface area contributed by atoms with Crippen LogP contribution in [0.2, 0.25) is 0 Å². The maximum atomic E-state index is 12.8. The Hall–Kier alpha value is -3.82. The van der Waals surface area contributed by atoms with Gasteiger partial charge in [-0.1, -0.05) is 0 Å². The fourth-order valence-corrected chi connectivity index (χ4v) is 2.64. The van der Waals surface area contributed by atoms with Gasteiger partial charge in [0, 0.05) is 25.0 Å². The molecular formula is C17H17N7O3. The first-order chi connectivity index (χ1) is 13.0. The highest BCUT2D eigenvalue weighted by Crippen LogP contribution is 2.13. The number of imidazole rings is 1. The monoisotopic (exact) mass is 367 g/mol. The second kappa shape index (κ2) is 7.60. The minimum atomic E-state index is -1.11. The molecular weight excluding hydrogens is 350 g/mol. The Morgan fingerprint density at radius 2 is 2.11 bits per heavy atom. The van der Waals surface area contributed by atoms with Gasteiger partial charge in [-0.15, -0.1) is 0 Å². The van der Waals surface area contributed by atoms with Crippen molar-refractivity contribution < 1.29 is 14.4 Å². The van der Waals surface area contributed by atoms with Crippen molar-refractivity contribution in [1.29, 1.82) is 0 Å². The van der Waals surface area contributed by atoms with Crippen molar-refractivity contribution in [2.75, 3.05) is 0 Å². The summed E-state index contributed by atoms with van der Waals surface area (Å²) < 4.78 is 1.53. The lowest BCUT2D eigenvalue weighted by Crippen LogP contribution is -2.47. The maximum absolute atomic E-state index is 12.8. The fraction of sp³-hybridized carbons (Fsp3) is 0.176. The number of nitrogens with two attached hydrogens (primary N) is 1. The van der Waals surface area contributed by atoms with Crippen molar-refractivity contribution >= 4 is 17.6 Å². The SMILES string of the molecule is Cc1ncc(C(=O)NC(Cc2cc[nH]c2)C(=O)C(N)=O)n1-c1ccncn1. The van der Waals surface area contributed by atoms with Crippen LogP contribution in [0.25, 0.3) is 5.82 Å². The van der Waals surface area contributed by atoms with Crippen molar-refractivity contribution in [3.8, 4) is 5.82 Å². The van der Waals surface area contributed by atoms with Gasteiger partial charge in [-0.3, -0.25) is 19.0 Å². The average Bonchev–Trinajstić information content (AvgIpc) is 3.30. The first-order valence-electron chi connectivity index (χ1n) is 8.04. The van der Waals surface area contributed by atoms with Crippen LogP contribution in [0.5, 0.6) is 0 Å². The summed E-state index contributed by atoms with van der Waals surface area (Å²) >= 11 is 0. The highest BCUT2D eigenvalue weighted by Gasteiger charge is 2.27. The van der Waals surface area contributed by atoms with Gasteiger partial charge in [-0.2, -0.15) is 0 Å². The Labute approximate surface area is 153 Å². The summed E-state index contributed by atoms with van der Waals surface area (Å²) in [5, 5.41) is 2.57. The van der Waals surface area contributed by atoms with Crippen molar-refractivity contribution in [3.63, 3.8) is 0 Å². The summed E-state index contributed by atoms with van der Waals surface area (Å²) in [7, 11) is 0. The van der Waals surface area contributed by atoms with Crippen molar-refractivity contribution in [3.05, 3.63) is 60.3 Å². The third-order valence-electron chi connectivity index (χ3n) is 3.93. The van der Waals surface area contributed by atoms with Crippen LogP contribution in [-0.2, 0) is 16.0 Å². The molecule has 10 nitrogen and oxygen atoms in total. The van der Waals surface area contributed by atoms with Crippen LogP contribution in [0.3, 0.4) is 0 Å². The Bertz CT molecular complexity index is 964. The van der Waals surface area contributed by atoms with E-state index in [0.29, 0.717) is 11.6 Å². The number of nitrogens with zero attached hydrogens (tertiary/aromatic N) is 4. The third-order valence-corrected chi connectivity index (χ3v) is 3.93. The predicted molar refractivity (Wildman–Crippen MR) is 93.8 cm³/mol. The van der Waals surface area contributed by atoms with Gasteiger partial charge in [-0.05, 0) is 24.6 Å². The van der Waals surface area contributed by atoms with E-state index in [9.17, 15) is 14.4 Å². The van der Waals surface area contributed by atoms with Gasteiger partial charge in [0.25, 0.3) is 11.8 Å². The quantitative estimate of drug-likeness (QED) is 0.488. The predicted octanol–water partition coefficient (Wildman–Crippen LogP) is -0.306. The molecule has 0 spiro atoms. The van der Waals surface area contributed by atoms with E-state index in [1.807, 2.05) is 0 Å². The second-order valence-electron chi connectivity index (χ2n) is 5.77. The molecule has 0 radical (unpaired) electrons. The zero-order valence-corrected chi connectivity index (χ0v) is 14.4. The molecule has 3 heterocycles. The summed E-state index contributed by atoms with van der Waals surface area (Å²) in [6, 6.07) is 2.26. The molecule has 0 aromatic carbocycles. The third kappa shape index (κ3) is 3.89. The van der Waals surface area contributed by atoms with Crippen molar-refractivity contribution in [1.82, 2.24) is 29.8 Å². The number of primary amides is 1. The van der Waals surface area contributed by atoms with Crippen molar-refractivity contribution in [2.45, 2.75) is 19.4 Å². The summed E-state index contributed by atoms with van der Waals surface area (Å²) in [5.41, 5.74) is 6.04. The van der Waals surface area contributed by atoms with Gasteiger partial charge in [0.05, 0.1) is 6.20 Å². The standard InChI is InChI=1S/C17H17N7O3/c1-10-21-8-13(24(10)14-3-5-20-9-22-14)17(27)23-12(15(25)16(18)26)6-11-2-4-19-7-11/h2-5,7-9,12,19H,6H2,1H3,(H2,18,26)(H,23,27). The summed E-state index contributed by atoms with van der Waals surface area (Å²) in [5.74, 6) is -1.59. The molecule has 1 unspecified atom stereocenters. The Balaban J connectivity index is 1.88. The number of carbonyl (C=O) groups is 3. The van der Waals surface area contributed by atoms with E-state index >= 15 is 0 Å². The zero-order valence-electron chi connectivity index (χ0n) is 14.4. The van der Waals surface area contributed by atoms with Crippen molar-refractivity contribution in [2.24, 2.45) is 5.73 Å². The molecule has 138 valence electrons. The van der Waals surface area contributed by atoms with E-state index in [-0.39, 0.29) is 12.1 Å². The molecule has 0 aliphatic rings. The Kier molecular flexibility index (Phi) is 5.06. The number of nitrogens with one attached hydrogen (secondary N) is 2. The van der Waals surface area contributed by atoms with Crippen LogP contribution in [0.1, 0.15) is 21.9 Å². The van der Waals surface area contributed by atoms with Gasteiger partial charge in [-0.25, -0.2) is 15.0 Å². The molecule has 1 atom stereocenters. The molecule has 2 amide bonds. The molecule has 0 aliphatic heterocycles. The van der Waals surface area contributed by atoms with Crippen LogP contribution in [0.4, 0.5) is 0 Å². The molecule has 27 heavy (non-hydrogen) atoms. The molecule has 0 bridgehead atoms. The zero-order chi connectivity index (χ0) is 19.4. The highest BCUT2D eigenvalue weighted by molar-refractivity contribution is 6.38. The number of aromatic amines is 1. The lowest BCUT2D eigenvalue weighted by Gasteiger charge is -2.16. The smallest absolute Gasteiger partial charge is 0.287 e. The topological polar surface area (TPSA) is 149 Å². The van der Waals surface area contributed by atoms with Gasteiger partial charge < -0.3 is 16.0 Å². The fourth-order valence-electron chi connectivity index (χ4n) is 2.64. The minimum absolute atomic E-state index is 0.123. The van der Waals surface area contributed by atoms with Gasteiger partial charge >= 0.3 is 0 Å². The summed E-state index contributed by atoms with van der Waals surface area (Å²) in [6.45, 7) is 1.71. The van der Waals surface area contributed by atoms with Crippen LogP contribution in [0, 0.1) is 6.92 Å². The second-order valence-corrected chi connectivity index (χ2v) is 5.77. The number of aryl methyl sites for hydroxylation is 1. The van der Waals surface area contributed by atoms with Crippen LogP contribution >= 0.6 is 0 Å². The average molecular weight is 367 g/mol. The lowest BCUT2D eigenvalue weighted by atomic mass is 10.0.